The van der Waals surface area contributed by atoms with Crippen molar-refractivity contribution >= 4 is 43.5 Å². The van der Waals surface area contributed by atoms with E-state index in [9.17, 15) is 9.59 Å². The number of carbonyl (C=O) groups is 2. The number of aromatic nitrogens is 2. The van der Waals surface area contributed by atoms with Crippen LogP contribution in [0, 0.1) is 0 Å². The average Bonchev–Trinajstić information content (AvgIpc) is 2.77. The minimum absolute atomic E-state index is 0.168. The van der Waals surface area contributed by atoms with E-state index in [1.807, 2.05) is 6.07 Å². The fraction of sp³-hybridized carbons (Fsp3) is 0.200. The van der Waals surface area contributed by atoms with Crippen LogP contribution in [0.15, 0.2) is 18.2 Å². The zero-order valence-corrected chi connectivity index (χ0v) is 11.0. The Labute approximate surface area is 109 Å². The number of carbonyl (C=O) groups excluding carboxylic acids is 2. The molecule has 7 nitrogen and oxygen atoms in total. The summed E-state index contributed by atoms with van der Waals surface area (Å²) in [5.41, 5.74) is 12.5. The second-order valence-electron chi connectivity index (χ2n) is 3.70. The first-order chi connectivity index (χ1) is 8.58. The maximum atomic E-state index is 11.7. The van der Waals surface area contributed by atoms with Gasteiger partial charge in [-0.15, -0.1) is 0 Å². The van der Waals surface area contributed by atoms with E-state index < -0.39 is 17.9 Å². The number of hydrogen-bond acceptors (Lipinski definition) is 5. The molecule has 2 aromatic rings. The normalized spacial score (nSPS) is 12.3. The topological polar surface area (TPSA) is 124 Å². The maximum absolute atomic E-state index is 11.7. The quantitative estimate of drug-likeness (QED) is 0.614. The van der Waals surface area contributed by atoms with E-state index in [1.165, 1.54) is 0 Å². The van der Waals surface area contributed by atoms with Crippen molar-refractivity contribution in [3.8, 4) is 0 Å². The van der Waals surface area contributed by atoms with Gasteiger partial charge in [-0.2, -0.15) is 0 Å². The number of anilines is 1. The van der Waals surface area contributed by atoms with Crippen molar-refractivity contribution in [2.45, 2.75) is 12.5 Å². The first kappa shape index (κ1) is 12.7. The van der Waals surface area contributed by atoms with Crippen LogP contribution in [0.2, 0.25) is 0 Å². The van der Waals surface area contributed by atoms with Gasteiger partial charge in [0, 0.05) is 0 Å². The van der Waals surface area contributed by atoms with Crippen LogP contribution >= 0.6 is 0 Å². The number of amides is 2. The Morgan fingerprint density at radius 2 is 2.17 bits per heavy atom. The minimum atomic E-state index is -0.956. The van der Waals surface area contributed by atoms with Crippen molar-refractivity contribution in [1.29, 1.82) is 0 Å². The van der Waals surface area contributed by atoms with E-state index in [1.54, 1.807) is 12.1 Å². The van der Waals surface area contributed by atoms with Crippen molar-refractivity contribution < 1.29 is 9.59 Å². The molecular formula is C10H11N5O2Se. The van der Waals surface area contributed by atoms with Crippen LogP contribution in [0.3, 0.4) is 0 Å². The molecule has 5 N–H and O–H groups in total. The Bertz CT molecular complexity index is 597. The molecule has 94 valence electrons. The molecule has 1 aromatic heterocycles. The number of nitrogens with zero attached hydrogens (tertiary/aromatic N) is 2. The van der Waals surface area contributed by atoms with Crippen LogP contribution in [0.4, 0.5) is 5.69 Å². The molecule has 0 fully saturated rings. The van der Waals surface area contributed by atoms with E-state index in [2.05, 4.69) is 13.3 Å². The molecule has 1 unspecified atom stereocenters. The van der Waals surface area contributed by atoms with Gasteiger partial charge in [-0.1, -0.05) is 0 Å². The first-order valence-corrected chi connectivity index (χ1v) is 6.67. The summed E-state index contributed by atoms with van der Waals surface area (Å²) >= 11 is -0.168. The summed E-state index contributed by atoms with van der Waals surface area (Å²) in [6, 6.07) is 4.36. The van der Waals surface area contributed by atoms with Gasteiger partial charge in [-0.05, 0) is 0 Å². The van der Waals surface area contributed by atoms with Crippen LogP contribution in [0.25, 0.3) is 11.0 Å². The first-order valence-electron chi connectivity index (χ1n) is 5.14. The fourth-order valence-electron chi connectivity index (χ4n) is 1.44. The molecule has 0 radical (unpaired) electrons. The monoisotopic (exact) mass is 313 g/mol. The SMILES string of the molecule is NC(=O)CC(N)C(=O)Nc1cccc2n[se]nc12. The van der Waals surface area contributed by atoms with Crippen LogP contribution in [-0.2, 0) is 9.59 Å². The van der Waals surface area contributed by atoms with E-state index >= 15 is 0 Å². The number of rotatable bonds is 4. The van der Waals surface area contributed by atoms with Crippen molar-refractivity contribution in [3.05, 3.63) is 18.2 Å². The predicted octanol–water partition coefficient (Wildman–Crippen LogP) is -1.17. The Morgan fingerprint density at radius 3 is 2.89 bits per heavy atom. The molecule has 2 amide bonds. The Kier molecular flexibility index (Phi) is 3.71. The van der Waals surface area contributed by atoms with Crippen LogP contribution < -0.4 is 16.8 Å². The summed E-state index contributed by atoms with van der Waals surface area (Å²) in [6.45, 7) is 0. The van der Waals surface area contributed by atoms with Gasteiger partial charge in [-0.25, -0.2) is 0 Å². The summed E-state index contributed by atoms with van der Waals surface area (Å²) in [7, 11) is 0. The molecule has 0 aliphatic heterocycles. The molecule has 8 heteroatoms. The average molecular weight is 312 g/mol. The van der Waals surface area contributed by atoms with Gasteiger partial charge in [0.05, 0.1) is 0 Å². The van der Waals surface area contributed by atoms with E-state index in [4.69, 9.17) is 11.5 Å². The van der Waals surface area contributed by atoms with E-state index in [0.717, 1.165) is 5.52 Å². The summed E-state index contributed by atoms with van der Waals surface area (Å²) in [5, 5.41) is 2.63. The third-order valence-corrected chi connectivity index (χ3v) is 3.44. The molecule has 18 heavy (non-hydrogen) atoms. The van der Waals surface area contributed by atoms with Crippen LogP contribution in [-0.4, -0.2) is 40.8 Å². The van der Waals surface area contributed by atoms with Gasteiger partial charge < -0.3 is 0 Å². The van der Waals surface area contributed by atoms with Gasteiger partial charge >= 0.3 is 108 Å². The molecule has 1 heterocycles. The second kappa shape index (κ2) is 5.26. The molecule has 1 atom stereocenters. The Balaban J connectivity index is 2.16. The molecule has 0 bridgehead atoms. The van der Waals surface area contributed by atoms with Crippen molar-refractivity contribution in [1.82, 2.24) is 7.96 Å². The second-order valence-corrected chi connectivity index (χ2v) is 4.81. The Hall–Kier alpha value is -1.76. The zero-order chi connectivity index (χ0) is 13.1. The molecule has 0 saturated carbocycles. The molecule has 0 aliphatic rings. The van der Waals surface area contributed by atoms with Crippen molar-refractivity contribution in [2.75, 3.05) is 5.32 Å². The summed E-state index contributed by atoms with van der Waals surface area (Å²) < 4.78 is 8.42. The molecule has 2 rings (SSSR count). The zero-order valence-electron chi connectivity index (χ0n) is 9.29. The van der Waals surface area contributed by atoms with Gasteiger partial charge in [0.15, 0.2) is 0 Å². The predicted molar refractivity (Wildman–Crippen MR) is 66.9 cm³/mol. The van der Waals surface area contributed by atoms with E-state index in [0.29, 0.717) is 11.2 Å². The molecule has 0 spiro atoms. The third kappa shape index (κ3) is 2.73. The molecule has 0 saturated heterocycles. The molecular weight excluding hydrogens is 301 g/mol. The van der Waals surface area contributed by atoms with Gasteiger partial charge in [0.2, 0.25) is 0 Å². The summed E-state index contributed by atoms with van der Waals surface area (Å²) in [6.07, 6.45) is -0.188. The standard InChI is InChI=1S/C10H11N5O2Se/c11-5(4-8(12)16)10(17)13-6-2-1-3-7-9(6)15-18-14-7/h1-3,5H,4,11H2,(H2,12,16)(H,13,17). The van der Waals surface area contributed by atoms with Crippen molar-refractivity contribution in [3.63, 3.8) is 0 Å². The number of nitrogens with one attached hydrogen (secondary N) is 1. The summed E-state index contributed by atoms with van der Waals surface area (Å²) in [5.74, 6) is -1.07. The van der Waals surface area contributed by atoms with E-state index in [-0.39, 0.29) is 21.4 Å². The summed E-state index contributed by atoms with van der Waals surface area (Å²) in [4.78, 5) is 22.4. The molecule has 1 aromatic carbocycles. The number of hydrogen-bond donors (Lipinski definition) is 3. The number of nitrogens with two attached hydrogens (primary N) is 2. The van der Waals surface area contributed by atoms with Crippen LogP contribution in [0.5, 0.6) is 0 Å². The number of primary amides is 1. The Morgan fingerprint density at radius 1 is 1.39 bits per heavy atom. The van der Waals surface area contributed by atoms with Crippen LogP contribution in [0.1, 0.15) is 6.42 Å². The van der Waals surface area contributed by atoms with Gasteiger partial charge in [0.25, 0.3) is 0 Å². The number of benzene rings is 1. The molecule has 0 aliphatic carbocycles. The van der Waals surface area contributed by atoms with Crippen molar-refractivity contribution in [2.24, 2.45) is 11.5 Å². The third-order valence-electron chi connectivity index (χ3n) is 2.30. The number of fused-ring (bicyclic) bond motifs is 1. The fourth-order valence-corrected chi connectivity index (χ4v) is 2.60. The van der Waals surface area contributed by atoms with Gasteiger partial charge in [-0.3, -0.25) is 0 Å². The van der Waals surface area contributed by atoms with Gasteiger partial charge in [0.1, 0.15) is 0 Å².